The van der Waals surface area contributed by atoms with Crippen molar-refractivity contribution in [3.63, 3.8) is 0 Å². The fourth-order valence-corrected chi connectivity index (χ4v) is 3.61. The van der Waals surface area contributed by atoms with Gasteiger partial charge in [0.05, 0.1) is 14.2 Å². The molecule has 1 aromatic carbocycles. The molecule has 118 valence electrons. The smallest absolute Gasteiger partial charge is 0.160 e. The van der Waals surface area contributed by atoms with E-state index in [1.807, 2.05) is 6.07 Å². The van der Waals surface area contributed by atoms with Crippen molar-refractivity contribution in [1.29, 1.82) is 0 Å². The molecule has 0 aliphatic heterocycles. The van der Waals surface area contributed by atoms with E-state index in [1.165, 1.54) is 31.2 Å². The van der Waals surface area contributed by atoms with Gasteiger partial charge in [-0.05, 0) is 55.8 Å². The summed E-state index contributed by atoms with van der Waals surface area (Å²) in [5.41, 5.74) is 1.31. The molecule has 3 nitrogen and oxygen atoms in total. The molecule has 1 aliphatic carbocycles. The molecule has 1 aromatic rings. The standard InChI is InChI=1S/C18H29NO2/c1-13-6-5-7-15(10-13)16(19-2)11-14-8-9-17(20-3)18(12-14)21-4/h8-9,12-13,15-16,19H,5-7,10-11H2,1-4H3. The molecule has 3 atom stereocenters. The minimum absolute atomic E-state index is 0.547. The summed E-state index contributed by atoms with van der Waals surface area (Å²) in [4.78, 5) is 0. The Kier molecular flexibility index (Phi) is 5.92. The van der Waals surface area contributed by atoms with Gasteiger partial charge in [-0.25, -0.2) is 0 Å². The van der Waals surface area contributed by atoms with E-state index in [-0.39, 0.29) is 0 Å². The summed E-state index contributed by atoms with van der Waals surface area (Å²) in [6.07, 6.45) is 6.51. The van der Waals surface area contributed by atoms with Crippen LogP contribution >= 0.6 is 0 Å². The first kappa shape index (κ1) is 16.2. The number of benzene rings is 1. The Morgan fingerprint density at radius 2 is 1.95 bits per heavy atom. The predicted molar refractivity (Wildman–Crippen MR) is 87.2 cm³/mol. The molecular formula is C18H29NO2. The molecule has 21 heavy (non-hydrogen) atoms. The highest BCUT2D eigenvalue weighted by atomic mass is 16.5. The molecule has 1 fully saturated rings. The molecule has 1 saturated carbocycles. The highest BCUT2D eigenvalue weighted by Gasteiger charge is 2.26. The number of ether oxygens (including phenoxy) is 2. The van der Waals surface area contributed by atoms with Gasteiger partial charge in [0.25, 0.3) is 0 Å². The molecule has 3 heteroatoms. The lowest BCUT2D eigenvalue weighted by molar-refractivity contribution is 0.227. The van der Waals surface area contributed by atoms with Crippen molar-refractivity contribution in [2.75, 3.05) is 21.3 Å². The lowest BCUT2D eigenvalue weighted by atomic mass is 9.77. The van der Waals surface area contributed by atoms with Crippen molar-refractivity contribution in [1.82, 2.24) is 5.32 Å². The van der Waals surface area contributed by atoms with Gasteiger partial charge in [-0.1, -0.05) is 25.8 Å². The molecule has 0 bridgehead atoms. The van der Waals surface area contributed by atoms with Crippen LogP contribution in [-0.2, 0) is 6.42 Å². The van der Waals surface area contributed by atoms with Crippen molar-refractivity contribution in [3.8, 4) is 11.5 Å². The Bertz CT molecular complexity index is 447. The zero-order chi connectivity index (χ0) is 15.2. The molecule has 0 amide bonds. The third kappa shape index (κ3) is 4.13. The second-order valence-electron chi connectivity index (χ2n) is 6.32. The molecule has 1 aliphatic rings. The first-order chi connectivity index (χ1) is 10.2. The van der Waals surface area contributed by atoms with Crippen LogP contribution in [0, 0.1) is 11.8 Å². The summed E-state index contributed by atoms with van der Waals surface area (Å²) in [6.45, 7) is 2.38. The molecule has 0 saturated heterocycles. The maximum atomic E-state index is 5.41. The lowest BCUT2D eigenvalue weighted by Crippen LogP contribution is -2.37. The number of rotatable bonds is 6. The van der Waals surface area contributed by atoms with Crippen LogP contribution in [0.4, 0.5) is 0 Å². The summed E-state index contributed by atoms with van der Waals surface area (Å²) in [5, 5.41) is 3.53. The number of likely N-dealkylation sites (N-methyl/N-ethyl adjacent to an activating group) is 1. The zero-order valence-electron chi connectivity index (χ0n) is 13.8. The normalized spacial score (nSPS) is 23.6. The van der Waals surface area contributed by atoms with E-state index in [1.54, 1.807) is 14.2 Å². The topological polar surface area (TPSA) is 30.5 Å². The summed E-state index contributed by atoms with van der Waals surface area (Å²) in [7, 11) is 5.46. The van der Waals surface area contributed by atoms with Crippen molar-refractivity contribution in [2.24, 2.45) is 11.8 Å². The van der Waals surface area contributed by atoms with Crippen molar-refractivity contribution < 1.29 is 9.47 Å². The lowest BCUT2D eigenvalue weighted by Gasteiger charge is -2.33. The second-order valence-corrected chi connectivity index (χ2v) is 6.32. The summed E-state index contributed by atoms with van der Waals surface area (Å²) in [5.74, 6) is 3.27. The highest BCUT2D eigenvalue weighted by molar-refractivity contribution is 5.43. The largest absolute Gasteiger partial charge is 0.493 e. The second kappa shape index (κ2) is 7.69. The predicted octanol–water partition coefficient (Wildman–Crippen LogP) is 3.66. The quantitative estimate of drug-likeness (QED) is 0.867. The number of methoxy groups -OCH3 is 2. The molecule has 3 unspecified atom stereocenters. The Morgan fingerprint density at radius 1 is 1.19 bits per heavy atom. The van der Waals surface area contributed by atoms with Gasteiger partial charge in [-0.2, -0.15) is 0 Å². The van der Waals surface area contributed by atoms with Gasteiger partial charge in [0, 0.05) is 6.04 Å². The monoisotopic (exact) mass is 291 g/mol. The Hall–Kier alpha value is -1.22. The molecule has 0 heterocycles. The Labute approximate surface area is 129 Å². The zero-order valence-corrected chi connectivity index (χ0v) is 13.8. The maximum Gasteiger partial charge on any atom is 0.160 e. The number of nitrogens with one attached hydrogen (secondary N) is 1. The molecule has 1 N–H and O–H groups in total. The van der Waals surface area contributed by atoms with Crippen LogP contribution in [0.1, 0.15) is 38.2 Å². The fourth-order valence-electron chi connectivity index (χ4n) is 3.61. The van der Waals surface area contributed by atoms with E-state index < -0.39 is 0 Å². The fraction of sp³-hybridized carbons (Fsp3) is 0.667. The minimum atomic E-state index is 0.547. The summed E-state index contributed by atoms with van der Waals surface area (Å²) >= 11 is 0. The van der Waals surface area contributed by atoms with Gasteiger partial charge >= 0.3 is 0 Å². The Balaban J connectivity index is 2.07. The van der Waals surface area contributed by atoms with Gasteiger partial charge in [0.15, 0.2) is 11.5 Å². The number of hydrogen-bond donors (Lipinski definition) is 1. The van der Waals surface area contributed by atoms with Gasteiger partial charge in [0.2, 0.25) is 0 Å². The Morgan fingerprint density at radius 3 is 2.57 bits per heavy atom. The SMILES string of the molecule is CNC(Cc1ccc(OC)c(OC)c1)C1CCCC(C)C1. The van der Waals surface area contributed by atoms with Crippen LogP contribution in [-0.4, -0.2) is 27.3 Å². The van der Waals surface area contributed by atoms with E-state index >= 15 is 0 Å². The van der Waals surface area contributed by atoms with E-state index in [9.17, 15) is 0 Å². The van der Waals surface area contributed by atoms with Crippen LogP contribution in [0.3, 0.4) is 0 Å². The van der Waals surface area contributed by atoms with Crippen LogP contribution in [0.15, 0.2) is 18.2 Å². The molecule has 0 spiro atoms. The van der Waals surface area contributed by atoms with Crippen molar-refractivity contribution in [3.05, 3.63) is 23.8 Å². The maximum absolute atomic E-state index is 5.41. The average Bonchev–Trinajstić information content (AvgIpc) is 2.52. The summed E-state index contributed by atoms with van der Waals surface area (Å²) < 4.78 is 10.7. The first-order valence-electron chi connectivity index (χ1n) is 8.06. The minimum Gasteiger partial charge on any atom is -0.493 e. The van der Waals surface area contributed by atoms with E-state index in [0.717, 1.165) is 29.8 Å². The molecule has 2 rings (SSSR count). The van der Waals surface area contributed by atoms with Crippen LogP contribution in [0.5, 0.6) is 11.5 Å². The van der Waals surface area contributed by atoms with E-state index in [2.05, 4.69) is 31.4 Å². The summed E-state index contributed by atoms with van der Waals surface area (Å²) in [6, 6.07) is 6.81. The third-order valence-electron chi connectivity index (χ3n) is 4.82. The van der Waals surface area contributed by atoms with Crippen LogP contribution < -0.4 is 14.8 Å². The van der Waals surface area contributed by atoms with Crippen molar-refractivity contribution in [2.45, 2.75) is 45.1 Å². The van der Waals surface area contributed by atoms with Crippen LogP contribution in [0.2, 0.25) is 0 Å². The van der Waals surface area contributed by atoms with Crippen LogP contribution in [0.25, 0.3) is 0 Å². The third-order valence-corrected chi connectivity index (χ3v) is 4.82. The van der Waals surface area contributed by atoms with Gasteiger partial charge < -0.3 is 14.8 Å². The van der Waals surface area contributed by atoms with Crippen molar-refractivity contribution >= 4 is 0 Å². The number of hydrogen-bond acceptors (Lipinski definition) is 3. The van der Waals surface area contributed by atoms with E-state index in [0.29, 0.717) is 6.04 Å². The highest BCUT2D eigenvalue weighted by Crippen LogP contribution is 2.33. The van der Waals surface area contributed by atoms with Gasteiger partial charge in [-0.15, -0.1) is 0 Å². The van der Waals surface area contributed by atoms with Gasteiger partial charge in [0.1, 0.15) is 0 Å². The first-order valence-corrected chi connectivity index (χ1v) is 8.06. The van der Waals surface area contributed by atoms with Gasteiger partial charge in [-0.3, -0.25) is 0 Å². The molecular weight excluding hydrogens is 262 g/mol. The van der Waals surface area contributed by atoms with E-state index in [4.69, 9.17) is 9.47 Å². The molecule has 0 radical (unpaired) electrons. The average molecular weight is 291 g/mol. The molecule has 0 aromatic heterocycles.